The lowest BCUT2D eigenvalue weighted by Gasteiger charge is -2.17. The molecule has 0 radical (unpaired) electrons. The van der Waals surface area contributed by atoms with Crippen LogP contribution in [0.4, 0.5) is 5.69 Å². The third-order valence-corrected chi connectivity index (χ3v) is 3.65. The number of rotatable bonds is 4. The molecule has 0 saturated heterocycles. The zero-order valence-electron chi connectivity index (χ0n) is 11.5. The molecule has 104 valence electrons. The van der Waals surface area contributed by atoms with Crippen molar-refractivity contribution in [2.24, 2.45) is 0 Å². The number of nitrogens with one attached hydrogen (secondary N) is 1. The smallest absolute Gasteiger partial charge is 0.338 e. The minimum absolute atomic E-state index is 0.151. The SMILES string of the molecule is CCC(C)c1cc(NC(C)=O)c(Br)cc1C(=O)OC. The van der Waals surface area contributed by atoms with Crippen molar-refractivity contribution in [1.82, 2.24) is 0 Å². The molecule has 1 amide bonds. The van der Waals surface area contributed by atoms with Crippen LogP contribution in [0.1, 0.15) is 49.0 Å². The lowest BCUT2D eigenvalue weighted by Crippen LogP contribution is -2.11. The van der Waals surface area contributed by atoms with Crippen molar-refractivity contribution in [1.29, 1.82) is 0 Å². The van der Waals surface area contributed by atoms with E-state index in [4.69, 9.17) is 4.74 Å². The van der Waals surface area contributed by atoms with Crippen molar-refractivity contribution < 1.29 is 14.3 Å². The van der Waals surface area contributed by atoms with Gasteiger partial charge in [0.15, 0.2) is 0 Å². The van der Waals surface area contributed by atoms with Gasteiger partial charge in [0.2, 0.25) is 5.91 Å². The lowest BCUT2D eigenvalue weighted by molar-refractivity contribution is -0.114. The fourth-order valence-corrected chi connectivity index (χ4v) is 2.23. The Morgan fingerprint density at radius 3 is 2.53 bits per heavy atom. The van der Waals surface area contributed by atoms with E-state index >= 15 is 0 Å². The number of carbonyl (C=O) groups excluding carboxylic acids is 2. The summed E-state index contributed by atoms with van der Waals surface area (Å²) < 4.78 is 5.46. The van der Waals surface area contributed by atoms with E-state index < -0.39 is 0 Å². The van der Waals surface area contributed by atoms with Gasteiger partial charge in [-0.1, -0.05) is 13.8 Å². The first-order chi connectivity index (χ1) is 8.90. The summed E-state index contributed by atoms with van der Waals surface area (Å²) in [4.78, 5) is 23.0. The predicted octanol–water partition coefficient (Wildman–Crippen LogP) is 3.71. The van der Waals surface area contributed by atoms with E-state index in [1.165, 1.54) is 14.0 Å². The Bertz CT molecular complexity index is 500. The summed E-state index contributed by atoms with van der Waals surface area (Å²) >= 11 is 3.36. The van der Waals surface area contributed by atoms with Crippen molar-refractivity contribution in [2.45, 2.75) is 33.1 Å². The number of carbonyl (C=O) groups is 2. The molecule has 1 atom stereocenters. The first-order valence-corrected chi connectivity index (χ1v) is 6.89. The van der Waals surface area contributed by atoms with Gasteiger partial charge in [-0.25, -0.2) is 4.79 Å². The summed E-state index contributed by atoms with van der Waals surface area (Å²) in [5, 5.41) is 2.74. The van der Waals surface area contributed by atoms with Crippen LogP contribution in [0.3, 0.4) is 0 Å². The molecule has 0 bridgehead atoms. The molecule has 1 aromatic rings. The second kappa shape index (κ2) is 6.70. The van der Waals surface area contributed by atoms with Crippen molar-refractivity contribution in [3.8, 4) is 0 Å². The molecular weight excluding hydrogens is 310 g/mol. The van der Waals surface area contributed by atoms with Crippen LogP contribution in [0.15, 0.2) is 16.6 Å². The first-order valence-electron chi connectivity index (χ1n) is 6.10. The van der Waals surface area contributed by atoms with Crippen LogP contribution in [0.25, 0.3) is 0 Å². The van der Waals surface area contributed by atoms with Gasteiger partial charge in [0.25, 0.3) is 0 Å². The van der Waals surface area contributed by atoms with E-state index in [0.29, 0.717) is 15.7 Å². The highest BCUT2D eigenvalue weighted by Crippen LogP contribution is 2.32. The molecule has 0 fully saturated rings. The molecule has 0 aliphatic heterocycles. The molecule has 1 rings (SSSR count). The number of hydrogen-bond donors (Lipinski definition) is 1. The standard InChI is InChI=1S/C14H18BrNO3/c1-5-8(2)10-7-13(16-9(3)17)12(15)6-11(10)14(18)19-4/h6-8H,5H2,1-4H3,(H,16,17). The molecular formula is C14H18BrNO3. The summed E-state index contributed by atoms with van der Waals surface area (Å²) in [6, 6.07) is 3.52. The van der Waals surface area contributed by atoms with Crippen LogP contribution in [0.5, 0.6) is 0 Å². The number of esters is 1. The van der Waals surface area contributed by atoms with Crippen molar-refractivity contribution in [3.63, 3.8) is 0 Å². The Morgan fingerprint density at radius 1 is 1.42 bits per heavy atom. The first kappa shape index (κ1) is 15.7. The summed E-state index contributed by atoms with van der Waals surface area (Å²) in [6.07, 6.45) is 0.894. The number of hydrogen-bond acceptors (Lipinski definition) is 3. The largest absolute Gasteiger partial charge is 0.465 e. The normalized spacial score (nSPS) is 11.8. The molecule has 0 aliphatic carbocycles. The van der Waals surface area contributed by atoms with E-state index in [2.05, 4.69) is 21.2 Å². The van der Waals surface area contributed by atoms with Crippen LogP contribution in [0.2, 0.25) is 0 Å². The molecule has 1 unspecified atom stereocenters. The van der Waals surface area contributed by atoms with Crippen LogP contribution in [-0.2, 0) is 9.53 Å². The van der Waals surface area contributed by atoms with E-state index in [9.17, 15) is 9.59 Å². The minimum Gasteiger partial charge on any atom is -0.465 e. The maximum atomic E-state index is 11.8. The second-order valence-electron chi connectivity index (χ2n) is 4.40. The molecule has 0 aromatic heterocycles. The highest BCUT2D eigenvalue weighted by Gasteiger charge is 2.19. The van der Waals surface area contributed by atoms with Gasteiger partial charge in [0, 0.05) is 11.4 Å². The molecule has 19 heavy (non-hydrogen) atoms. The third-order valence-electron chi connectivity index (χ3n) is 3.00. The number of amides is 1. The van der Waals surface area contributed by atoms with E-state index in [1.807, 2.05) is 19.9 Å². The van der Waals surface area contributed by atoms with Gasteiger partial charge in [-0.05, 0) is 46.0 Å². The lowest BCUT2D eigenvalue weighted by atomic mass is 9.93. The third kappa shape index (κ3) is 3.80. The maximum absolute atomic E-state index is 11.8. The van der Waals surface area contributed by atoms with Crippen LogP contribution < -0.4 is 5.32 Å². The molecule has 0 aliphatic rings. The quantitative estimate of drug-likeness (QED) is 0.857. The van der Waals surface area contributed by atoms with Gasteiger partial charge < -0.3 is 10.1 Å². The number of halogens is 1. The summed E-state index contributed by atoms with van der Waals surface area (Å²) in [5.41, 5.74) is 2.06. The average Bonchev–Trinajstić information content (AvgIpc) is 2.38. The molecule has 0 heterocycles. The highest BCUT2D eigenvalue weighted by atomic mass is 79.9. The Balaban J connectivity index is 3.36. The van der Waals surface area contributed by atoms with Gasteiger partial charge in [0.1, 0.15) is 0 Å². The maximum Gasteiger partial charge on any atom is 0.338 e. The summed E-state index contributed by atoms with van der Waals surface area (Å²) in [5.74, 6) is -0.318. The molecule has 1 N–H and O–H groups in total. The number of methoxy groups -OCH3 is 1. The van der Waals surface area contributed by atoms with E-state index in [-0.39, 0.29) is 17.8 Å². The monoisotopic (exact) mass is 327 g/mol. The molecule has 4 nitrogen and oxygen atoms in total. The second-order valence-corrected chi connectivity index (χ2v) is 5.26. The molecule has 0 spiro atoms. The zero-order chi connectivity index (χ0) is 14.6. The van der Waals surface area contributed by atoms with Gasteiger partial charge in [-0.15, -0.1) is 0 Å². The molecule has 0 saturated carbocycles. The van der Waals surface area contributed by atoms with Gasteiger partial charge in [-0.2, -0.15) is 0 Å². The van der Waals surface area contributed by atoms with Crippen molar-refractivity contribution in [3.05, 3.63) is 27.7 Å². The fraction of sp³-hybridized carbons (Fsp3) is 0.429. The Kier molecular flexibility index (Phi) is 5.54. The predicted molar refractivity (Wildman–Crippen MR) is 78.5 cm³/mol. The molecule has 5 heteroatoms. The van der Waals surface area contributed by atoms with E-state index in [1.54, 1.807) is 6.07 Å². The summed E-state index contributed by atoms with van der Waals surface area (Å²) in [7, 11) is 1.36. The van der Waals surface area contributed by atoms with Gasteiger partial charge in [-0.3, -0.25) is 4.79 Å². The number of benzene rings is 1. The van der Waals surface area contributed by atoms with Crippen LogP contribution >= 0.6 is 15.9 Å². The Hall–Kier alpha value is -1.36. The van der Waals surface area contributed by atoms with Crippen molar-refractivity contribution >= 4 is 33.5 Å². The average molecular weight is 328 g/mol. The zero-order valence-corrected chi connectivity index (χ0v) is 13.1. The minimum atomic E-state index is -0.370. The Morgan fingerprint density at radius 2 is 2.05 bits per heavy atom. The highest BCUT2D eigenvalue weighted by molar-refractivity contribution is 9.10. The van der Waals surface area contributed by atoms with Gasteiger partial charge in [0.05, 0.1) is 18.4 Å². The van der Waals surface area contributed by atoms with Crippen LogP contribution in [0, 0.1) is 0 Å². The van der Waals surface area contributed by atoms with E-state index in [0.717, 1.165) is 12.0 Å². The summed E-state index contributed by atoms with van der Waals surface area (Å²) in [6.45, 7) is 5.53. The Labute approximate surface area is 121 Å². The molecule has 1 aromatic carbocycles. The topological polar surface area (TPSA) is 55.4 Å². The van der Waals surface area contributed by atoms with Crippen LogP contribution in [-0.4, -0.2) is 19.0 Å². The van der Waals surface area contributed by atoms with Crippen molar-refractivity contribution in [2.75, 3.05) is 12.4 Å². The number of anilines is 1. The van der Waals surface area contributed by atoms with Gasteiger partial charge >= 0.3 is 5.97 Å². The number of ether oxygens (including phenoxy) is 1. The fourth-order valence-electron chi connectivity index (χ4n) is 1.79.